The minimum absolute atomic E-state index is 0.487. The van der Waals surface area contributed by atoms with E-state index in [1.54, 1.807) is 14.2 Å². The molecule has 1 aromatic carbocycles. The molecule has 112 valence electrons. The monoisotopic (exact) mass is 286 g/mol. The Morgan fingerprint density at radius 2 is 1.90 bits per heavy atom. The zero-order valence-corrected chi connectivity index (χ0v) is 12.9. The second kappa shape index (κ2) is 5.43. The number of anilines is 1. The average molecular weight is 286 g/mol. The smallest absolute Gasteiger partial charge is 0.161 e. The molecule has 1 aromatic heterocycles. The highest BCUT2D eigenvalue weighted by atomic mass is 16.5. The van der Waals surface area contributed by atoms with Gasteiger partial charge in [0.25, 0.3) is 0 Å². The van der Waals surface area contributed by atoms with E-state index >= 15 is 0 Å². The van der Waals surface area contributed by atoms with Gasteiger partial charge in [0.05, 0.1) is 14.2 Å². The summed E-state index contributed by atoms with van der Waals surface area (Å²) in [6.07, 6.45) is 5.70. The molecule has 21 heavy (non-hydrogen) atoms. The summed E-state index contributed by atoms with van der Waals surface area (Å²) in [6.45, 7) is 3.25. The van der Waals surface area contributed by atoms with Crippen LogP contribution in [0.5, 0.6) is 11.5 Å². The molecule has 1 fully saturated rings. The molecule has 4 heteroatoms. The van der Waals surface area contributed by atoms with Crippen molar-refractivity contribution in [2.24, 2.45) is 5.41 Å². The first-order valence-electron chi connectivity index (χ1n) is 7.46. The average Bonchev–Trinajstić information content (AvgIpc) is 3.32. The fourth-order valence-electron chi connectivity index (χ4n) is 2.74. The Balaban J connectivity index is 1.94. The van der Waals surface area contributed by atoms with E-state index in [9.17, 15) is 0 Å². The van der Waals surface area contributed by atoms with Gasteiger partial charge in [-0.05, 0) is 48.3 Å². The molecule has 1 saturated carbocycles. The van der Waals surface area contributed by atoms with Crippen LogP contribution in [0.4, 0.5) is 5.82 Å². The summed E-state index contributed by atoms with van der Waals surface area (Å²) < 4.78 is 10.8. The topological polar surface area (TPSA) is 43.4 Å². The van der Waals surface area contributed by atoms with E-state index < -0.39 is 0 Å². The number of methoxy groups -OCH3 is 2. The van der Waals surface area contributed by atoms with E-state index in [4.69, 9.17) is 9.47 Å². The second-order valence-corrected chi connectivity index (χ2v) is 5.79. The van der Waals surface area contributed by atoms with Gasteiger partial charge < -0.3 is 14.8 Å². The largest absolute Gasteiger partial charge is 0.493 e. The van der Waals surface area contributed by atoms with Gasteiger partial charge in [-0.15, -0.1) is 0 Å². The molecular weight excluding hydrogens is 264 g/mol. The maximum Gasteiger partial charge on any atom is 0.161 e. The van der Waals surface area contributed by atoms with Gasteiger partial charge in [-0.25, -0.2) is 4.98 Å². The molecule has 1 N–H and O–H groups in total. The molecule has 0 aliphatic heterocycles. The van der Waals surface area contributed by atoms with Crippen LogP contribution < -0.4 is 14.8 Å². The first-order valence-corrected chi connectivity index (χ1v) is 7.46. The third-order valence-corrected chi connectivity index (χ3v) is 4.61. The molecule has 0 radical (unpaired) electrons. The minimum atomic E-state index is 0.487. The fraction of sp³-hybridized carbons (Fsp3) is 0.471. The summed E-state index contributed by atoms with van der Waals surface area (Å²) in [7, 11) is 3.31. The first-order chi connectivity index (χ1) is 10.2. The number of ether oxygens (including phenoxy) is 2. The highest BCUT2D eigenvalue weighted by molar-refractivity contribution is 5.94. The quantitative estimate of drug-likeness (QED) is 0.876. The Morgan fingerprint density at radius 3 is 2.52 bits per heavy atom. The van der Waals surface area contributed by atoms with E-state index in [0.717, 1.165) is 34.6 Å². The highest BCUT2D eigenvalue weighted by Crippen LogP contribution is 2.48. The Morgan fingerprint density at radius 1 is 1.19 bits per heavy atom. The van der Waals surface area contributed by atoms with Gasteiger partial charge >= 0.3 is 0 Å². The lowest BCUT2D eigenvalue weighted by atomic mass is 10.0. The van der Waals surface area contributed by atoms with E-state index in [0.29, 0.717) is 5.41 Å². The Labute approximate surface area is 125 Å². The van der Waals surface area contributed by atoms with Crippen molar-refractivity contribution in [3.05, 3.63) is 24.4 Å². The highest BCUT2D eigenvalue weighted by Gasteiger charge is 2.40. The first kappa shape index (κ1) is 14.0. The molecule has 0 unspecified atom stereocenters. The van der Waals surface area contributed by atoms with Crippen LogP contribution in [0.1, 0.15) is 26.2 Å². The van der Waals surface area contributed by atoms with Crippen molar-refractivity contribution in [2.45, 2.75) is 26.2 Å². The van der Waals surface area contributed by atoms with Crippen LogP contribution in [0.25, 0.3) is 10.8 Å². The summed E-state index contributed by atoms with van der Waals surface area (Å²) in [5, 5.41) is 5.70. The molecule has 0 spiro atoms. The van der Waals surface area contributed by atoms with Gasteiger partial charge in [0, 0.05) is 18.1 Å². The predicted octanol–water partition coefficient (Wildman–Crippen LogP) is 3.85. The van der Waals surface area contributed by atoms with Crippen molar-refractivity contribution in [1.29, 1.82) is 0 Å². The predicted molar refractivity (Wildman–Crippen MR) is 85.3 cm³/mol. The van der Waals surface area contributed by atoms with E-state index in [2.05, 4.69) is 17.2 Å². The molecule has 0 atom stereocenters. The summed E-state index contributed by atoms with van der Waals surface area (Å²) in [6, 6.07) is 5.98. The lowest BCUT2D eigenvalue weighted by molar-refractivity contribution is 0.356. The molecular formula is C17H22N2O2. The van der Waals surface area contributed by atoms with Crippen molar-refractivity contribution in [1.82, 2.24) is 4.98 Å². The zero-order chi connectivity index (χ0) is 14.9. The van der Waals surface area contributed by atoms with Crippen molar-refractivity contribution >= 4 is 16.6 Å². The minimum Gasteiger partial charge on any atom is -0.493 e. The molecule has 4 nitrogen and oxygen atoms in total. The Kier molecular flexibility index (Phi) is 3.62. The van der Waals surface area contributed by atoms with Crippen LogP contribution in [0.2, 0.25) is 0 Å². The van der Waals surface area contributed by atoms with Gasteiger partial charge in [-0.2, -0.15) is 0 Å². The number of nitrogens with zero attached hydrogens (tertiary/aromatic N) is 1. The van der Waals surface area contributed by atoms with Gasteiger partial charge in [0.2, 0.25) is 0 Å². The van der Waals surface area contributed by atoms with Crippen molar-refractivity contribution in [3.8, 4) is 11.5 Å². The fourth-order valence-corrected chi connectivity index (χ4v) is 2.74. The normalized spacial score (nSPS) is 15.8. The van der Waals surface area contributed by atoms with Crippen LogP contribution in [0.3, 0.4) is 0 Å². The van der Waals surface area contributed by atoms with Crippen LogP contribution in [0.15, 0.2) is 24.4 Å². The van der Waals surface area contributed by atoms with Crippen molar-refractivity contribution in [3.63, 3.8) is 0 Å². The number of aromatic nitrogens is 1. The van der Waals surface area contributed by atoms with E-state index in [1.165, 1.54) is 19.3 Å². The second-order valence-electron chi connectivity index (χ2n) is 5.79. The van der Waals surface area contributed by atoms with Crippen LogP contribution in [0, 0.1) is 5.41 Å². The molecule has 1 heterocycles. The Hall–Kier alpha value is -1.97. The third kappa shape index (κ3) is 2.62. The number of hydrogen-bond acceptors (Lipinski definition) is 4. The maximum atomic E-state index is 5.40. The maximum absolute atomic E-state index is 5.40. The summed E-state index contributed by atoms with van der Waals surface area (Å²) in [5.74, 6) is 2.40. The van der Waals surface area contributed by atoms with E-state index in [1.807, 2.05) is 24.4 Å². The zero-order valence-electron chi connectivity index (χ0n) is 12.9. The molecule has 0 bridgehead atoms. The number of pyridine rings is 1. The van der Waals surface area contributed by atoms with Crippen molar-refractivity contribution in [2.75, 3.05) is 26.1 Å². The summed E-state index contributed by atoms with van der Waals surface area (Å²) in [5.41, 5.74) is 0.487. The number of fused-ring (bicyclic) bond motifs is 1. The molecule has 0 saturated heterocycles. The van der Waals surface area contributed by atoms with Crippen LogP contribution in [-0.4, -0.2) is 25.7 Å². The number of rotatable bonds is 6. The lowest BCUT2D eigenvalue weighted by Gasteiger charge is -2.16. The van der Waals surface area contributed by atoms with Gasteiger partial charge in [-0.3, -0.25) is 0 Å². The summed E-state index contributed by atoms with van der Waals surface area (Å²) in [4.78, 5) is 4.50. The third-order valence-electron chi connectivity index (χ3n) is 4.61. The van der Waals surface area contributed by atoms with E-state index in [-0.39, 0.29) is 0 Å². The number of hydrogen-bond donors (Lipinski definition) is 1. The van der Waals surface area contributed by atoms with Crippen molar-refractivity contribution < 1.29 is 9.47 Å². The van der Waals surface area contributed by atoms with Crippen LogP contribution >= 0.6 is 0 Å². The van der Waals surface area contributed by atoms with Gasteiger partial charge in [0.1, 0.15) is 5.82 Å². The van der Waals surface area contributed by atoms with Crippen LogP contribution in [-0.2, 0) is 0 Å². The van der Waals surface area contributed by atoms with Gasteiger partial charge in [0.15, 0.2) is 11.5 Å². The number of nitrogens with one attached hydrogen (secondary N) is 1. The molecule has 0 amide bonds. The number of benzene rings is 1. The lowest BCUT2D eigenvalue weighted by Crippen LogP contribution is -2.15. The molecule has 1 aliphatic rings. The molecule has 1 aliphatic carbocycles. The standard InChI is InChI=1S/C17H22N2O2/c1-4-17(6-7-17)11-19-16-13-10-15(21-3)14(20-2)9-12(13)5-8-18-16/h5,8-10H,4,6-7,11H2,1-3H3,(H,18,19). The molecule has 3 rings (SSSR count). The molecule has 2 aromatic rings. The Bertz CT molecular complexity index is 651. The van der Waals surface area contributed by atoms with Gasteiger partial charge in [-0.1, -0.05) is 6.92 Å². The SMILES string of the molecule is CCC1(CNc2nccc3cc(OC)c(OC)cc23)CC1. The summed E-state index contributed by atoms with van der Waals surface area (Å²) >= 11 is 0.